The van der Waals surface area contributed by atoms with E-state index >= 15 is 0 Å². The number of rotatable bonds is 5. The topological polar surface area (TPSA) is 195 Å². The van der Waals surface area contributed by atoms with Crippen molar-refractivity contribution < 1.29 is 27.7 Å². The van der Waals surface area contributed by atoms with Gasteiger partial charge in [0.25, 0.3) is 17.5 Å². The number of alkyl halides is 3. The molecule has 0 bridgehead atoms. The van der Waals surface area contributed by atoms with Crippen LogP contribution in [0.2, 0.25) is 0 Å². The minimum Gasteiger partial charge on any atom is -0.370 e. The van der Waals surface area contributed by atoms with Gasteiger partial charge in [-0.2, -0.15) is 9.89 Å². The molecule has 7 N–H and O–H groups in total. The van der Waals surface area contributed by atoms with E-state index in [1.807, 2.05) is 0 Å². The molecule has 0 aliphatic heterocycles. The molecular formula is C21H20F3N7O4. The van der Waals surface area contributed by atoms with E-state index < -0.39 is 33.9 Å². The number of aliphatic imine (C=N–C) groups is 1. The van der Waals surface area contributed by atoms with E-state index in [2.05, 4.69) is 4.99 Å². The van der Waals surface area contributed by atoms with Crippen molar-refractivity contribution in [3.8, 4) is 0 Å². The average molecular weight is 491 g/mol. The van der Waals surface area contributed by atoms with Crippen LogP contribution in [-0.2, 0) is 9.59 Å². The number of nitrogens with zero attached hydrogens (tertiary/aromatic N) is 3. The number of halogens is 3. The molecule has 0 fully saturated rings. The molecular weight excluding hydrogens is 471 g/mol. The Labute approximate surface area is 196 Å². The molecule has 0 saturated heterocycles. The van der Waals surface area contributed by atoms with Crippen LogP contribution in [0.5, 0.6) is 0 Å². The second-order valence-electron chi connectivity index (χ2n) is 6.33. The van der Waals surface area contributed by atoms with Gasteiger partial charge in [-0.1, -0.05) is 42.5 Å². The Balaban J connectivity index is 0.000000351. The van der Waals surface area contributed by atoms with Crippen LogP contribution in [0.3, 0.4) is 0 Å². The fourth-order valence-electron chi connectivity index (χ4n) is 2.26. The number of benzene rings is 2. The Hall–Kier alpha value is -5.01. The fraction of sp³-hybridized carbons (Fsp3) is 0.0476. The van der Waals surface area contributed by atoms with Gasteiger partial charge in [0.15, 0.2) is 5.96 Å². The third-order valence-electron chi connectivity index (χ3n) is 3.67. The first kappa shape index (κ1) is 28.0. The van der Waals surface area contributed by atoms with Gasteiger partial charge in [0, 0.05) is 24.3 Å². The molecule has 2 aromatic rings. The van der Waals surface area contributed by atoms with E-state index in [9.17, 15) is 32.9 Å². The van der Waals surface area contributed by atoms with Crippen LogP contribution in [0.1, 0.15) is 11.1 Å². The Bertz CT molecular complexity index is 1160. The van der Waals surface area contributed by atoms with E-state index in [1.165, 1.54) is 30.4 Å². The van der Waals surface area contributed by atoms with E-state index in [-0.39, 0.29) is 11.6 Å². The van der Waals surface area contributed by atoms with Crippen LogP contribution in [0, 0.1) is 15.5 Å². The number of amides is 2. The number of hydrogen-bond donors (Lipinski definition) is 4. The molecule has 0 aromatic heterocycles. The van der Waals surface area contributed by atoms with Crippen molar-refractivity contribution in [1.29, 1.82) is 5.41 Å². The summed E-state index contributed by atoms with van der Waals surface area (Å²) < 4.78 is 37.2. The van der Waals surface area contributed by atoms with Gasteiger partial charge >= 0.3 is 6.30 Å². The maximum atomic E-state index is 12.4. The highest BCUT2D eigenvalue weighted by molar-refractivity contribution is 6.03. The van der Waals surface area contributed by atoms with Gasteiger partial charge in [-0.05, 0) is 23.3 Å². The number of nitrogens with one attached hydrogen (secondary N) is 1. The lowest BCUT2D eigenvalue weighted by atomic mass is 10.2. The SMILES string of the molecule is N=C(N)N(C(=O)C=Cc1ccccc1)C(F)(F)F.NC(N)=NC(=O)C=Cc1cccc([N+](=O)[O-])c1. The number of nitro groups is 1. The quantitative estimate of drug-likeness (QED) is 0.123. The minimum absolute atomic E-state index is 0.0542. The average Bonchev–Trinajstić information content (AvgIpc) is 2.76. The van der Waals surface area contributed by atoms with Gasteiger partial charge in [-0.3, -0.25) is 25.1 Å². The van der Waals surface area contributed by atoms with Crippen LogP contribution in [-0.4, -0.2) is 39.9 Å². The lowest BCUT2D eigenvalue weighted by molar-refractivity contribution is -0.384. The predicted octanol–water partition coefficient (Wildman–Crippen LogP) is 2.35. The van der Waals surface area contributed by atoms with E-state index in [0.717, 1.165) is 6.08 Å². The highest BCUT2D eigenvalue weighted by atomic mass is 19.4. The van der Waals surface area contributed by atoms with Gasteiger partial charge in [0.1, 0.15) is 0 Å². The minimum atomic E-state index is -5.01. The molecule has 0 unspecified atom stereocenters. The number of nitro benzene ring substituents is 1. The molecule has 0 aliphatic carbocycles. The molecule has 35 heavy (non-hydrogen) atoms. The summed E-state index contributed by atoms with van der Waals surface area (Å²) in [6, 6.07) is 14.2. The molecule has 184 valence electrons. The van der Waals surface area contributed by atoms with Crippen LogP contribution < -0.4 is 17.2 Å². The number of nitrogens with two attached hydrogens (primary N) is 3. The molecule has 0 heterocycles. The Morgan fingerprint density at radius 3 is 2.06 bits per heavy atom. The smallest absolute Gasteiger partial charge is 0.370 e. The van der Waals surface area contributed by atoms with E-state index in [4.69, 9.17) is 22.6 Å². The zero-order valence-corrected chi connectivity index (χ0v) is 17.8. The molecule has 0 spiro atoms. The normalized spacial score (nSPS) is 10.8. The first-order chi connectivity index (χ1) is 16.3. The molecule has 2 rings (SSSR count). The van der Waals surface area contributed by atoms with E-state index in [1.54, 1.807) is 36.4 Å². The summed E-state index contributed by atoms with van der Waals surface area (Å²) in [6.45, 7) is 0. The zero-order chi connectivity index (χ0) is 26.6. The van der Waals surface area contributed by atoms with Crippen LogP contribution in [0.4, 0.5) is 18.9 Å². The maximum absolute atomic E-state index is 12.4. The maximum Gasteiger partial charge on any atom is 0.494 e. The summed E-state index contributed by atoms with van der Waals surface area (Å²) in [5.74, 6) is -3.75. The van der Waals surface area contributed by atoms with Crippen molar-refractivity contribution >= 4 is 41.6 Å². The summed E-state index contributed by atoms with van der Waals surface area (Å²) in [6.07, 6.45) is -0.571. The lowest BCUT2D eigenvalue weighted by Crippen LogP contribution is -2.49. The lowest BCUT2D eigenvalue weighted by Gasteiger charge is -2.21. The van der Waals surface area contributed by atoms with Gasteiger partial charge in [-0.15, -0.1) is 13.2 Å². The van der Waals surface area contributed by atoms with Gasteiger partial charge in [0.05, 0.1) is 4.92 Å². The zero-order valence-electron chi connectivity index (χ0n) is 17.8. The highest BCUT2D eigenvalue weighted by Crippen LogP contribution is 2.21. The van der Waals surface area contributed by atoms with Crippen molar-refractivity contribution in [2.75, 3.05) is 0 Å². The molecule has 14 heteroatoms. The first-order valence-corrected chi connectivity index (χ1v) is 9.35. The first-order valence-electron chi connectivity index (χ1n) is 9.35. The van der Waals surface area contributed by atoms with Crippen molar-refractivity contribution in [1.82, 2.24) is 4.90 Å². The van der Waals surface area contributed by atoms with Crippen molar-refractivity contribution in [3.05, 3.63) is 88.0 Å². The molecule has 11 nitrogen and oxygen atoms in total. The Morgan fingerprint density at radius 1 is 0.971 bits per heavy atom. The van der Waals surface area contributed by atoms with Crippen molar-refractivity contribution in [3.63, 3.8) is 0 Å². The van der Waals surface area contributed by atoms with Crippen LogP contribution in [0.15, 0.2) is 71.7 Å². The second kappa shape index (κ2) is 12.9. The predicted molar refractivity (Wildman–Crippen MR) is 123 cm³/mol. The molecule has 0 radical (unpaired) electrons. The van der Waals surface area contributed by atoms with Gasteiger partial charge in [0.2, 0.25) is 5.96 Å². The van der Waals surface area contributed by atoms with Gasteiger partial charge in [-0.25, -0.2) is 0 Å². The van der Waals surface area contributed by atoms with Crippen LogP contribution in [0.25, 0.3) is 12.2 Å². The molecule has 0 aliphatic rings. The third kappa shape index (κ3) is 10.4. The number of non-ortho nitro benzene ring substituents is 1. The highest BCUT2D eigenvalue weighted by Gasteiger charge is 2.42. The second-order valence-corrected chi connectivity index (χ2v) is 6.33. The monoisotopic (exact) mass is 491 g/mol. The number of hydrogen-bond acceptors (Lipinski definition) is 5. The van der Waals surface area contributed by atoms with Crippen LogP contribution >= 0.6 is 0 Å². The summed E-state index contributed by atoms with van der Waals surface area (Å²) in [5, 5.41) is 17.2. The fourth-order valence-corrected chi connectivity index (χ4v) is 2.26. The molecule has 2 amide bonds. The number of guanidine groups is 2. The molecule has 0 saturated carbocycles. The summed E-state index contributed by atoms with van der Waals surface area (Å²) in [7, 11) is 0. The number of carbonyl (C=O) groups is 2. The molecule has 2 aromatic carbocycles. The van der Waals surface area contributed by atoms with Crippen molar-refractivity contribution in [2.24, 2.45) is 22.2 Å². The van der Waals surface area contributed by atoms with E-state index in [0.29, 0.717) is 17.2 Å². The van der Waals surface area contributed by atoms with Gasteiger partial charge < -0.3 is 17.2 Å². The molecule has 0 atom stereocenters. The standard InChI is InChI=1S/C11H10F3N3O.C10H10N4O3/c12-11(13,14)17(10(15)16)9(18)7-6-8-4-2-1-3-5-8;11-10(12)13-9(15)5-4-7-2-1-3-8(6-7)14(16)17/h1-7H,(H3,15,16);1-6H,(H4,11,12,13,15). The number of carbonyl (C=O) groups excluding carboxylic acids is 2. The third-order valence-corrected chi connectivity index (χ3v) is 3.67. The summed E-state index contributed by atoms with van der Waals surface area (Å²) in [5.41, 5.74) is 15.8. The summed E-state index contributed by atoms with van der Waals surface area (Å²) in [4.78, 5) is 34.9. The summed E-state index contributed by atoms with van der Waals surface area (Å²) >= 11 is 0. The Kier molecular flexibility index (Phi) is 10.3. The largest absolute Gasteiger partial charge is 0.494 e. The van der Waals surface area contributed by atoms with Crippen molar-refractivity contribution in [2.45, 2.75) is 6.30 Å². The Morgan fingerprint density at radius 2 is 1.54 bits per heavy atom.